The highest BCUT2D eigenvalue weighted by Gasteiger charge is 2.45. The van der Waals surface area contributed by atoms with Crippen molar-refractivity contribution in [3.05, 3.63) is 113 Å². The Bertz CT molecular complexity index is 2660. The summed E-state index contributed by atoms with van der Waals surface area (Å²) in [6.45, 7) is 17.8. The minimum absolute atomic E-state index is 0.186. The second kappa shape index (κ2) is 22.2. The molecule has 1 aromatic heterocycles. The number of hydrogen-bond acceptors (Lipinski definition) is 8. The Morgan fingerprint density at radius 2 is 1.12 bits per heavy atom. The molecule has 1 aliphatic carbocycles. The van der Waals surface area contributed by atoms with E-state index in [9.17, 15) is 28.8 Å². The number of para-hydroxylation sites is 1. The average molecular weight is 984 g/mol. The summed E-state index contributed by atoms with van der Waals surface area (Å²) in [5.41, 5.74) is 5.24. The largest absolute Gasteiger partial charge is 0.361 e. The smallest absolute Gasteiger partial charge is 0.251 e. The van der Waals surface area contributed by atoms with Crippen LogP contribution < -0.4 is 31.9 Å². The predicted molar refractivity (Wildman–Crippen MR) is 283 cm³/mol. The van der Waals surface area contributed by atoms with Gasteiger partial charge in [0.05, 0.1) is 12.1 Å². The van der Waals surface area contributed by atoms with Gasteiger partial charge in [0.1, 0.15) is 12.1 Å². The van der Waals surface area contributed by atoms with Crippen LogP contribution in [-0.2, 0) is 25.6 Å². The molecule has 0 saturated carbocycles. The van der Waals surface area contributed by atoms with Gasteiger partial charge < -0.3 is 46.7 Å². The molecule has 0 bridgehead atoms. The Morgan fingerprint density at radius 3 is 1.61 bits per heavy atom. The fourth-order valence-corrected chi connectivity index (χ4v) is 10.6. The molecule has 7 N–H and O–H groups in total. The number of allylic oxidation sites excluding steroid dienone is 1. The molecule has 3 heterocycles. The Morgan fingerprint density at radius 1 is 0.653 bits per heavy atom. The summed E-state index contributed by atoms with van der Waals surface area (Å²) < 4.78 is 0. The van der Waals surface area contributed by atoms with Crippen molar-refractivity contribution in [2.75, 3.05) is 27.2 Å². The normalized spacial score (nSPS) is 21.6. The van der Waals surface area contributed by atoms with E-state index in [1.165, 1.54) is 16.7 Å². The summed E-state index contributed by atoms with van der Waals surface area (Å²) in [4.78, 5) is 90.7. The second-order valence-electron chi connectivity index (χ2n) is 22.4. The molecule has 72 heavy (non-hydrogen) atoms. The highest BCUT2D eigenvalue weighted by molar-refractivity contribution is 5.98. The van der Waals surface area contributed by atoms with E-state index in [2.05, 4.69) is 74.1 Å². The zero-order valence-corrected chi connectivity index (χ0v) is 44.1. The minimum Gasteiger partial charge on any atom is -0.361 e. The van der Waals surface area contributed by atoms with E-state index >= 15 is 0 Å². The van der Waals surface area contributed by atoms with E-state index in [4.69, 9.17) is 0 Å². The molecule has 6 amide bonds. The predicted octanol–water partition coefficient (Wildman–Crippen LogP) is 6.07. The van der Waals surface area contributed by atoms with Crippen molar-refractivity contribution in [1.82, 2.24) is 46.7 Å². The molecule has 7 rings (SSSR count). The molecule has 15 heteroatoms. The van der Waals surface area contributed by atoms with Crippen LogP contribution in [0.25, 0.3) is 16.5 Å². The third-order valence-corrected chi connectivity index (χ3v) is 15.1. The van der Waals surface area contributed by atoms with Gasteiger partial charge in [-0.2, -0.15) is 0 Å². The summed E-state index contributed by atoms with van der Waals surface area (Å²) in [5.74, 6) is -1.30. The van der Waals surface area contributed by atoms with Gasteiger partial charge in [-0.15, -0.1) is 0 Å². The second-order valence-corrected chi connectivity index (χ2v) is 22.4. The van der Waals surface area contributed by atoms with Crippen LogP contribution in [0.1, 0.15) is 131 Å². The summed E-state index contributed by atoms with van der Waals surface area (Å²) in [5, 5.41) is 19.4. The van der Waals surface area contributed by atoms with E-state index < -0.39 is 35.0 Å². The molecule has 2 saturated heterocycles. The Kier molecular flexibility index (Phi) is 16.5. The number of rotatable bonds is 17. The summed E-state index contributed by atoms with van der Waals surface area (Å²) >= 11 is 0. The zero-order chi connectivity index (χ0) is 52.2. The number of amides is 6. The first-order valence-electron chi connectivity index (χ1n) is 25.7. The molecule has 386 valence electrons. The van der Waals surface area contributed by atoms with Gasteiger partial charge in [-0.05, 0) is 123 Å². The minimum atomic E-state index is -0.811. The maximum Gasteiger partial charge on any atom is 0.251 e. The number of likely N-dealkylation sites (N-methyl/N-ethyl adjacent to an activating group) is 2. The molecule has 15 nitrogen and oxygen atoms in total. The summed E-state index contributed by atoms with van der Waals surface area (Å²) in [7, 11) is 3.41. The Hall–Kier alpha value is -6.32. The molecule has 4 aromatic rings. The number of carbonyl (C=O) groups excluding carboxylic acids is 6. The summed E-state index contributed by atoms with van der Waals surface area (Å²) in [6.07, 6.45) is 7.42. The Balaban J connectivity index is 1.06. The first-order valence-corrected chi connectivity index (χ1v) is 25.7. The van der Waals surface area contributed by atoms with Gasteiger partial charge >= 0.3 is 0 Å². The molecule has 2 aliphatic heterocycles. The number of H-pyrrole nitrogens is 1. The quantitative estimate of drug-likeness (QED) is 0.0663. The fraction of sp³-hybridized carbons (Fsp3) is 0.509. The van der Waals surface area contributed by atoms with E-state index in [0.717, 1.165) is 22.9 Å². The van der Waals surface area contributed by atoms with E-state index in [1.54, 1.807) is 52.2 Å². The molecule has 2 fully saturated rings. The van der Waals surface area contributed by atoms with Crippen LogP contribution in [0.3, 0.4) is 0 Å². The van der Waals surface area contributed by atoms with Crippen molar-refractivity contribution in [2.45, 2.75) is 149 Å². The van der Waals surface area contributed by atoms with Crippen molar-refractivity contribution in [1.29, 1.82) is 0 Å². The van der Waals surface area contributed by atoms with E-state index in [-0.39, 0.29) is 78.6 Å². The van der Waals surface area contributed by atoms with E-state index in [1.807, 2.05) is 81.8 Å². The van der Waals surface area contributed by atoms with Gasteiger partial charge in [0.2, 0.25) is 23.6 Å². The lowest BCUT2D eigenvalue weighted by Gasteiger charge is -2.36. The molecule has 9 atom stereocenters. The van der Waals surface area contributed by atoms with Crippen molar-refractivity contribution in [2.24, 2.45) is 10.8 Å². The monoisotopic (exact) mass is 984 g/mol. The van der Waals surface area contributed by atoms with Gasteiger partial charge in [0.25, 0.3) is 11.8 Å². The fourth-order valence-electron chi connectivity index (χ4n) is 10.6. The number of fused-ring (bicyclic) bond motifs is 2. The van der Waals surface area contributed by atoms with Crippen LogP contribution in [0.5, 0.6) is 0 Å². The van der Waals surface area contributed by atoms with Crippen molar-refractivity contribution in [3.8, 4) is 0 Å². The molecule has 3 aromatic carbocycles. The number of aromatic amines is 1. The lowest BCUT2D eigenvalue weighted by Crippen LogP contribution is -2.58. The number of nitrogens with zero attached hydrogens (tertiary/aromatic N) is 2. The SMILES string of the molecule is CCC1C=C(CC2CC(NC(=O)c3ccc(C(=O)NC4CC(Cc5c[nH]c6ccccc56)N(C(=O)C(NC(=O)C(C)NC)C(C)(C)C)C4)cc3)CN2C(=O)C(NC(=O)C(C)NC)C(C)(C)C)c2ccccc21. The molecule has 9 unspecified atom stereocenters. The number of carbonyl (C=O) groups is 6. The van der Waals surface area contributed by atoms with Gasteiger partial charge in [-0.25, -0.2) is 0 Å². The average Bonchev–Trinajstić information content (AvgIpc) is 4.15. The van der Waals surface area contributed by atoms with Crippen LogP contribution in [0.15, 0.2) is 85.1 Å². The van der Waals surface area contributed by atoms with Crippen LogP contribution in [0.4, 0.5) is 0 Å². The van der Waals surface area contributed by atoms with Gasteiger partial charge in [-0.1, -0.05) is 97.0 Å². The van der Waals surface area contributed by atoms with Crippen molar-refractivity contribution >= 4 is 51.9 Å². The van der Waals surface area contributed by atoms with Gasteiger partial charge in [0.15, 0.2) is 0 Å². The lowest BCUT2D eigenvalue weighted by atomic mass is 9.85. The Labute approximate surface area is 425 Å². The first-order chi connectivity index (χ1) is 34.1. The maximum atomic E-state index is 14.7. The number of hydrogen-bond donors (Lipinski definition) is 7. The highest BCUT2D eigenvalue weighted by atomic mass is 16.2. The molecular formula is C57H77N9O6. The zero-order valence-electron chi connectivity index (χ0n) is 44.1. The first kappa shape index (κ1) is 53.5. The standard InChI is InChI=1S/C57H77N9O6/c1-12-35-25-38(45-18-14-13-17-44(35)45)26-42-28-40(31-65(42)54(71)48(56(4,5)6)63-50(67)33(2)58-10)61-52(69)36-21-23-37(24-22-36)53(70)62-41-29-43(27-39-30-60-47-20-16-15-19-46(39)47)66(32-41)55(72)49(57(7,8)9)64-51(68)34(3)59-11/h13-25,30,33-35,40-43,48-49,58-60H,12,26-29,31-32H2,1-11H3,(H,61,69)(H,62,70)(H,63,67)(H,64,68). The third-order valence-electron chi connectivity index (χ3n) is 15.1. The van der Waals surface area contributed by atoms with Crippen LogP contribution in [-0.4, -0.2) is 126 Å². The molecular weight excluding hydrogens is 907 g/mol. The topological polar surface area (TPSA) is 197 Å². The van der Waals surface area contributed by atoms with Crippen LogP contribution >= 0.6 is 0 Å². The van der Waals surface area contributed by atoms with Crippen molar-refractivity contribution < 1.29 is 28.8 Å². The number of likely N-dealkylation sites (tertiary alicyclic amines) is 2. The van der Waals surface area contributed by atoms with Crippen LogP contribution in [0, 0.1) is 10.8 Å². The van der Waals surface area contributed by atoms with E-state index in [0.29, 0.717) is 36.8 Å². The lowest BCUT2D eigenvalue weighted by molar-refractivity contribution is -0.140. The van der Waals surface area contributed by atoms with Gasteiger partial charge in [-0.3, -0.25) is 28.8 Å². The number of benzene rings is 3. The molecule has 0 radical (unpaired) electrons. The molecule has 3 aliphatic rings. The van der Waals surface area contributed by atoms with Crippen molar-refractivity contribution in [3.63, 3.8) is 0 Å². The highest BCUT2D eigenvalue weighted by Crippen LogP contribution is 2.42. The maximum absolute atomic E-state index is 14.7. The van der Waals surface area contributed by atoms with Crippen LogP contribution in [0.2, 0.25) is 0 Å². The third kappa shape index (κ3) is 12.0. The molecule has 0 spiro atoms. The summed E-state index contributed by atoms with van der Waals surface area (Å²) in [6, 6.07) is 19.1. The number of nitrogens with one attached hydrogen (secondary N) is 7. The van der Waals surface area contributed by atoms with Gasteiger partial charge in [0, 0.05) is 71.4 Å². The number of aromatic nitrogens is 1.